The Kier molecular flexibility index (Phi) is 6.09. The van der Waals surface area contributed by atoms with E-state index >= 15 is 0 Å². The monoisotopic (exact) mass is 518 g/mol. The standard InChI is InChI=1S/C28H28ClFN6O/c1-16-23(29)22-14-19(6-9-21(22)28(37)32-16)25-27(31)34-26(30)24(33-25)18-4-7-20(8-5-18)36-12-10-35(11-13-36)15-17-2-3-17/h4-9,14,17H,2-3,10-13,15H2,1H3,(H2,31,34)(H,32,37). The van der Waals surface area contributed by atoms with Crippen molar-refractivity contribution in [3.8, 4) is 22.5 Å². The summed E-state index contributed by atoms with van der Waals surface area (Å²) < 4.78 is 14.9. The summed E-state index contributed by atoms with van der Waals surface area (Å²) in [7, 11) is 0. The van der Waals surface area contributed by atoms with E-state index in [-0.39, 0.29) is 17.1 Å². The second-order valence-corrected chi connectivity index (χ2v) is 10.4. The van der Waals surface area contributed by atoms with Crippen LogP contribution in [0.2, 0.25) is 5.02 Å². The molecule has 9 heteroatoms. The Morgan fingerprint density at radius 2 is 1.70 bits per heavy atom. The van der Waals surface area contributed by atoms with Crippen molar-refractivity contribution in [2.45, 2.75) is 19.8 Å². The molecule has 2 aromatic carbocycles. The lowest BCUT2D eigenvalue weighted by Crippen LogP contribution is -2.47. The maximum atomic E-state index is 14.9. The Morgan fingerprint density at radius 3 is 2.41 bits per heavy atom. The van der Waals surface area contributed by atoms with Crippen molar-refractivity contribution in [1.82, 2.24) is 19.9 Å². The molecule has 1 saturated carbocycles. The molecule has 190 valence electrons. The predicted molar refractivity (Wildman–Crippen MR) is 147 cm³/mol. The Morgan fingerprint density at radius 1 is 1.00 bits per heavy atom. The van der Waals surface area contributed by atoms with Gasteiger partial charge >= 0.3 is 0 Å². The number of piperazine rings is 1. The Hall–Kier alpha value is -3.49. The number of rotatable bonds is 5. The van der Waals surface area contributed by atoms with Crippen LogP contribution in [0.25, 0.3) is 33.3 Å². The summed E-state index contributed by atoms with van der Waals surface area (Å²) in [6, 6.07) is 12.9. The zero-order chi connectivity index (χ0) is 25.7. The number of anilines is 2. The molecule has 1 aliphatic carbocycles. The molecule has 3 heterocycles. The molecule has 0 spiro atoms. The fourth-order valence-electron chi connectivity index (χ4n) is 5.07. The molecule has 0 bridgehead atoms. The van der Waals surface area contributed by atoms with E-state index in [4.69, 9.17) is 17.3 Å². The highest BCUT2D eigenvalue weighted by molar-refractivity contribution is 6.36. The van der Waals surface area contributed by atoms with E-state index in [1.807, 2.05) is 24.3 Å². The van der Waals surface area contributed by atoms with Gasteiger partial charge in [0.15, 0.2) is 5.82 Å². The number of hydrogen-bond donors (Lipinski definition) is 2. The van der Waals surface area contributed by atoms with Gasteiger partial charge in [0.1, 0.15) is 11.4 Å². The lowest BCUT2D eigenvalue weighted by molar-refractivity contribution is 0.248. The minimum absolute atomic E-state index is 0.0287. The third-order valence-electron chi connectivity index (χ3n) is 7.38. The molecule has 2 fully saturated rings. The highest BCUT2D eigenvalue weighted by Crippen LogP contribution is 2.33. The van der Waals surface area contributed by atoms with Crippen molar-refractivity contribution >= 4 is 33.9 Å². The summed E-state index contributed by atoms with van der Waals surface area (Å²) >= 11 is 6.46. The van der Waals surface area contributed by atoms with Crippen LogP contribution in [-0.4, -0.2) is 52.6 Å². The minimum Gasteiger partial charge on any atom is -0.382 e. The normalized spacial score (nSPS) is 16.5. The molecular formula is C28H28ClFN6O. The summed E-state index contributed by atoms with van der Waals surface area (Å²) in [6.45, 7) is 7.07. The van der Waals surface area contributed by atoms with Crippen molar-refractivity contribution in [3.63, 3.8) is 0 Å². The summed E-state index contributed by atoms with van der Waals surface area (Å²) in [5.74, 6) is 0.151. The molecule has 1 aliphatic heterocycles. The van der Waals surface area contributed by atoms with E-state index in [0.717, 1.165) is 37.8 Å². The van der Waals surface area contributed by atoms with Crippen LogP contribution in [0.5, 0.6) is 0 Å². The van der Waals surface area contributed by atoms with Gasteiger partial charge in [-0.15, -0.1) is 0 Å². The Balaban J connectivity index is 1.28. The van der Waals surface area contributed by atoms with Gasteiger partial charge in [0.05, 0.1) is 5.02 Å². The second-order valence-electron chi connectivity index (χ2n) is 10.0. The molecule has 0 amide bonds. The van der Waals surface area contributed by atoms with Gasteiger partial charge in [-0.25, -0.2) is 4.98 Å². The molecule has 37 heavy (non-hydrogen) atoms. The average Bonchev–Trinajstić information content (AvgIpc) is 3.72. The van der Waals surface area contributed by atoms with Crippen LogP contribution in [-0.2, 0) is 0 Å². The highest BCUT2D eigenvalue weighted by atomic mass is 35.5. The quantitative estimate of drug-likeness (QED) is 0.392. The van der Waals surface area contributed by atoms with Gasteiger partial charge in [0.2, 0.25) is 5.95 Å². The molecular weight excluding hydrogens is 491 g/mol. The summed E-state index contributed by atoms with van der Waals surface area (Å²) in [4.78, 5) is 28.5. The van der Waals surface area contributed by atoms with Crippen molar-refractivity contribution < 1.29 is 4.39 Å². The number of aromatic amines is 1. The lowest BCUT2D eigenvalue weighted by atomic mass is 10.0. The second kappa shape index (κ2) is 9.43. The zero-order valence-corrected chi connectivity index (χ0v) is 21.4. The number of halogens is 2. The van der Waals surface area contributed by atoms with Crippen LogP contribution in [0, 0.1) is 18.8 Å². The van der Waals surface area contributed by atoms with Gasteiger partial charge < -0.3 is 15.6 Å². The molecule has 0 unspecified atom stereocenters. The van der Waals surface area contributed by atoms with E-state index in [1.165, 1.54) is 19.4 Å². The number of nitrogens with one attached hydrogen (secondary N) is 1. The largest absolute Gasteiger partial charge is 0.382 e. The predicted octanol–water partition coefficient (Wildman–Crippen LogP) is 4.87. The van der Waals surface area contributed by atoms with E-state index in [9.17, 15) is 9.18 Å². The van der Waals surface area contributed by atoms with Gasteiger partial charge in [-0.1, -0.05) is 29.8 Å². The summed E-state index contributed by atoms with van der Waals surface area (Å²) in [6.07, 6.45) is 2.75. The third-order valence-corrected chi connectivity index (χ3v) is 7.86. The number of H-pyrrole nitrogens is 1. The molecule has 0 atom stereocenters. The number of aryl methyl sites for hydroxylation is 1. The molecule has 2 aromatic heterocycles. The number of fused-ring (bicyclic) bond motifs is 1. The van der Waals surface area contributed by atoms with Gasteiger partial charge in [-0.05, 0) is 49.9 Å². The number of aromatic nitrogens is 3. The fraction of sp³-hybridized carbons (Fsp3) is 0.321. The fourth-order valence-corrected chi connectivity index (χ4v) is 5.28. The van der Waals surface area contributed by atoms with Crippen LogP contribution in [0.15, 0.2) is 47.3 Å². The first-order valence-electron chi connectivity index (χ1n) is 12.6. The van der Waals surface area contributed by atoms with E-state index < -0.39 is 5.95 Å². The van der Waals surface area contributed by atoms with Crippen LogP contribution < -0.4 is 16.2 Å². The maximum absolute atomic E-state index is 14.9. The number of nitrogens with zero attached hydrogens (tertiary/aromatic N) is 4. The van der Waals surface area contributed by atoms with E-state index in [1.54, 1.807) is 25.1 Å². The van der Waals surface area contributed by atoms with Crippen molar-refractivity contribution in [2.75, 3.05) is 43.4 Å². The Bertz CT molecular complexity index is 1540. The molecule has 1 saturated heterocycles. The van der Waals surface area contributed by atoms with E-state index in [0.29, 0.717) is 38.3 Å². The molecule has 7 nitrogen and oxygen atoms in total. The third kappa shape index (κ3) is 4.67. The number of hydrogen-bond acceptors (Lipinski definition) is 6. The molecule has 6 rings (SSSR count). The number of nitrogens with two attached hydrogens (primary N) is 1. The molecule has 4 aromatic rings. The molecule has 2 aliphatic rings. The Labute approximate surface area is 219 Å². The van der Waals surface area contributed by atoms with Gasteiger partial charge in [-0.2, -0.15) is 9.37 Å². The van der Waals surface area contributed by atoms with Crippen LogP contribution >= 0.6 is 11.6 Å². The van der Waals surface area contributed by atoms with Crippen molar-refractivity contribution in [2.24, 2.45) is 5.92 Å². The van der Waals surface area contributed by atoms with Gasteiger partial charge in [-0.3, -0.25) is 9.69 Å². The zero-order valence-electron chi connectivity index (χ0n) is 20.6. The van der Waals surface area contributed by atoms with E-state index in [2.05, 4.69) is 24.8 Å². The smallest absolute Gasteiger partial charge is 0.256 e. The van der Waals surface area contributed by atoms with Crippen LogP contribution in [0.1, 0.15) is 18.5 Å². The maximum Gasteiger partial charge on any atom is 0.256 e. The SMILES string of the molecule is Cc1[nH]c(=O)c2ccc(-c3nc(-c4ccc(N5CCN(CC6CC6)CC5)cc4)c(F)nc3N)cc2c1Cl. The molecule has 0 radical (unpaired) electrons. The minimum atomic E-state index is -0.728. The van der Waals surface area contributed by atoms with Crippen molar-refractivity contribution in [3.05, 3.63) is 69.5 Å². The number of benzene rings is 2. The summed E-state index contributed by atoms with van der Waals surface area (Å²) in [5, 5.41) is 1.47. The summed E-state index contributed by atoms with van der Waals surface area (Å²) in [5.41, 5.74) is 9.22. The highest BCUT2D eigenvalue weighted by Gasteiger charge is 2.26. The lowest BCUT2D eigenvalue weighted by Gasteiger charge is -2.36. The van der Waals surface area contributed by atoms with Crippen LogP contribution in [0.4, 0.5) is 15.9 Å². The topological polar surface area (TPSA) is 91.1 Å². The molecule has 3 N–H and O–H groups in total. The average molecular weight is 519 g/mol. The number of pyridine rings is 1. The van der Waals surface area contributed by atoms with Gasteiger partial charge in [0.25, 0.3) is 5.56 Å². The van der Waals surface area contributed by atoms with Gasteiger partial charge in [0, 0.05) is 66.0 Å². The first-order chi connectivity index (χ1) is 17.9. The first kappa shape index (κ1) is 23.9. The first-order valence-corrected chi connectivity index (χ1v) is 13.0. The number of nitrogen functional groups attached to an aromatic ring is 1. The van der Waals surface area contributed by atoms with Crippen molar-refractivity contribution in [1.29, 1.82) is 0 Å². The van der Waals surface area contributed by atoms with Crippen LogP contribution in [0.3, 0.4) is 0 Å².